The van der Waals surface area contributed by atoms with Crippen molar-refractivity contribution in [2.45, 2.75) is 19.4 Å². The third-order valence-corrected chi connectivity index (χ3v) is 7.21. The Bertz CT molecular complexity index is 1560. The molecule has 1 aromatic heterocycles. The van der Waals surface area contributed by atoms with Gasteiger partial charge in [-0.2, -0.15) is 0 Å². The van der Waals surface area contributed by atoms with E-state index in [-0.39, 0.29) is 17.9 Å². The lowest BCUT2D eigenvalue weighted by molar-refractivity contribution is 0.0696. The van der Waals surface area contributed by atoms with Crippen molar-refractivity contribution in [1.29, 1.82) is 0 Å². The van der Waals surface area contributed by atoms with Crippen molar-refractivity contribution in [2.24, 2.45) is 7.05 Å². The first-order valence-corrected chi connectivity index (χ1v) is 12.5. The SMILES string of the molecule is COc1ccc(C(=O)CNCc2c(C3=CCCc4c(OC)cccc43)c3ccc(C(=O)O)cc3n2C)cc1. The van der Waals surface area contributed by atoms with Crippen LogP contribution in [0.2, 0.25) is 0 Å². The molecule has 0 saturated carbocycles. The summed E-state index contributed by atoms with van der Waals surface area (Å²) in [6.45, 7) is 0.596. The number of carbonyl (C=O) groups excluding carboxylic acids is 1. The second-order valence-corrected chi connectivity index (χ2v) is 9.32. The molecule has 0 radical (unpaired) electrons. The van der Waals surface area contributed by atoms with Gasteiger partial charge in [0, 0.05) is 46.9 Å². The number of hydrogen-bond donors (Lipinski definition) is 2. The van der Waals surface area contributed by atoms with E-state index >= 15 is 0 Å². The molecular weight excluding hydrogens is 480 g/mol. The van der Waals surface area contributed by atoms with Gasteiger partial charge in [-0.1, -0.05) is 24.3 Å². The summed E-state index contributed by atoms with van der Waals surface area (Å²) in [5.74, 6) is 0.582. The molecular formula is C31H30N2O5. The summed E-state index contributed by atoms with van der Waals surface area (Å²) in [5.41, 5.74) is 7.06. The molecule has 4 aromatic rings. The Morgan fingerprint density at radius 1 is 1.00 bits per heavy atom. The number of ketones is 1. The zero-order valence-electron chi connectivity index (χ0n) is 21.7. The molecule has 0 saturated heterocycles. The summed E-state index contributed by atoms with van der Waals surface area (Å²) in [4.78, 5) is 24.5. The topological polar surface area (TPSA) is 89.8 Å². The number of methoxy groups -OCH3 is 2. The van der Waals surface area contributed by atoms with Crippen LogP contribution in [0.4, 0.5) is 0 Å². The first-order valence-electron chi connectivity index (χ1n) is 12.5. The second-order valence-electron chi connectivity index (χ2n) is 9.32. The first-order chi connectivity index (χ1) is 18.4. The van der Waals surface area contributed by atoms with Gasteiger partial charge in [0.1, 0.15) is 11.5 Å². The predicted octanol–water partition coefficient (Wildman–Crippen LogP) is 5.24. The van der Waals surface area contributed by atoms with Crippen LogP contribution in [0, 0.1) is 0 Å². The van der Waals surface area contributed by atoms with E-state index in [1.807, 2.05) is 29.8 Å². The van der Waals surface area contributed by atoms with E-state index in [0.717, 1.165) is 51.9 Å². The van der Waals surface area contributed by atoms with Crippen LogP contribution in [-0.2, 0) is 20.0 Å². The van der Waals surface area contributed by atoms with E-state index in [1.54, 1.807) is 50.6 Å². The maximum absolute atomic E-state index is 12.8. The van der Waals surface area contributed by atoms with Crippen LogP contribution < -0.4 is 14.8 Å². The Balaban J connectivity index is 1.53. The minimum absolute atomic E-state index is 0.0203. The highest BCUT2D eigenvalue weighted by atomic mass is 16.5. The van der Waals surface area contributed by atoms with E-state index in [2.05, 4.69) is 17.5 Å². The second kappa shape index (κ2) is 10.6. The van der Waals surface area contributed by atoms with Crippen molar-refractivity contribution >= 4 is 28.2 Å². The highest BCUT2D eigenvalue weighted by Gasteiger charge is 2.25. The summed E-state index contributed by atoms with van der Waals surface area (Å²) in [5, 5.41) is 13.9. The van der Waals surface area contributed by atoms with Crippen molar-refractivity contribution in [1.82, 2.24) is 9.88 Å². The van der Waals surface area contributed by atoms with Gasteiger partial charge >= 0.3 is 5.97 Å². The number of nitrogens with one attached hydrogen (secondary N) is 1. The highest BCUT2D eigenvalue weighted by molar-refractivity contribution is 6.03. The third kappa shape index (κ3) is 4.57. The van der Waals surface area contributed by atoms with Gasteiger partial charge in [0.25, 0.3) is 0 Å². The Kier molecular flexibility index (Phi) is 7.03. The number of aromatic nitrogens is 1. The third-order valence-electron chi connectivity index (χ3n) is 7.21. The molecule has 1 aliphatic rings. The van der Waals surface area contributed by atoms with Gasteiger partial charge in [-0.25, -0.2) is 4.79 Å². The first kappa shape index (κ1) is 25.3. The van der Waals surface area contributed by atoms with Crippen LogP contribution in [-0.4, -0.2) is 42.2 Å². The molecule has 7 nitrogen and oxygen atoms in total. The maximum Gasteiger partial charge on any atom is 0.335 e. The zero-order valence-corrected chi connectivity index (χ0v) is 21.7. The van der Waals surface area contributed by atoms with E-state index in [1.165, 1.54) is 5.56 Å². The molecule has 0 aliphatic heterocycles. The zero-order chi connectivity index (χ0) is 26.8. The number of fused-ring (bicyclic) bond motifs is 2. The number of aryl methyl sites for hydroxylation is 1. The monoisotopic (exact) mass is 510 g/mol. The largest absolute Gasteiger partial charge is 0.497 e. The summed E-state index contributed by atoms with van der Waals surface area (Å²) >= 11 is 0. The smallest absolute Gasteiger partial charge is 0.335 e. The Hall–Kier alpha value is -4.36. The van der Waals surface area contributed by atoms with Crippen LogP contribution in [0.3, 0.4) is 0 Å². The molecule has 194 valence electrons. The van der Waals surface area contributed by atoms with Crippen molar-refractivity contribution < 1.29 is 24.2 Å². The number of ether oxygens (including phenoxy) is 2. The van der Waals surface area contributed by atoms with Crippen LogP contribution in [0.1, 0.15) is 49.5 Å². The molecule has 1 heterocycles. The number of aromatic carboxylic acids is 1. The number of allylic oxidation sites excluding steroid dienone is 1. The van der Waals surface area contributed by atoms with Gasteiger partial charge in [-0.05, 0) is 66.4 Å². The number of Topliss-reactive ketones (excluding diaryl/α,β-unsaturated/α-hetero) is 1. The fraction of sp³-hybridized carbons (Fsp3) is 0.226. The average molecular weight is 511 g/mol. The lowest BCUT2D eigenvalue weighted by atomic mass is 9.85. The molecule has 0 unspecified atom stereocenters. The van der Waals surface area contributed by atoms with Gasteiger partial charge < -0.3 is 24.5 Å². The predicted molar refractivity (Wildman–Crippen MR) is 147 cm³/mol. The van der Waals surface area contributed by atoms with Crippen LogP contribution in [0.5, 0.6) is 11.5 Å². The van der Waals surface area contributed by atoms with Gasteiger partial charge in [0.05, 0.1) is 26.3 Å². The van der Waals surface area contributed by atoms with Gasteiger partial charge in [0.2, 0.25) is 0 Å². The molecule has 0 amide bonds. The normalized spacial score (nSPS) is 12.7. The summed E-state index contributed by atoms with van der Waals surface area (Å²) in [6, 6.07) is 18.4. The van der Waals surface area contributed by atoms with Crippen molar-refractivity contribution in [3.05, 3.63) is 100 Å². The number of carboxylic acids is 1. The standard InChI is InChI=1S/C31H30N2O5/c1-33-26-16-20(31(35)36)12-15-25(26)30(24-8-4-7-23-22(24)6-5-9-29(23)38-3)27(33)17-32-18-28(34)19-10-13-21(37-2)14-11-19/h5-6,8-16,32H,4,7,17-18H2,1-3H3,(H,35,36). The van der Waals surface area contributed by atoms with Crippen molar-refractivity contribution in [2.75, 3.05) is 20.8 Å². The van der Waals surface area contributed by atoms with Gasteiger partial charge in [-0.3, -0.25) is 4.79 Å². The molecule has 0 spiro atoms. The average Bonchev–Trinajstić information content (AvgIpc) is 3.22. The number of carboxylic acid groups (broad SMARTS) is 1. The number of carbonyl (C=O) groups is 2. The number of nitrogens with zero attached hydrogens (tertiary/aromatic N) is 1. The number of benzene rings is 3. The summed E-state index contributed by atoms with van der Waals surface area (Å²) in [6.07, 6.45) is 4.00. The van der Waals surface area contributed by atoms with Gasteiger partial charge in [0.15, 0.2) is 5.78 Å². The van der Waals surface area contributed by atoms with E-state index < -0.39 is 5.97 Å². The molecule has 5 rings (SSSR count). The molecule has 3 aromatic carbocycles. The fourth-order valence-corrected chi connectivity index (χ4v) is 5.28. The molecule has 0 atom stereocenters. The minimum Gasteiger partial charge on any atom is -0.497 e. The molecule has 0 fully saturated rings. The van der Waals surface area contributed by atoms with E-state index in [4.69, 9.17) is 9.47 Å². The summed E-state index contributed by atoms with van der Waals surface area (Å²) in [7, 11) is 5.22. The van der Waals surface area contributed by atoms with Gasteiger partial charge in [-0.15, -0.1) is 0 Å². The Morgan fingerprint density at radius 2 is 1.76 bits per heavy atom. The Morgan fingerprint density at radius 3 is 2.47 bits per heavy atom. The molecule has 38 heavy (non-hydrogen) atoms. The van der Waals surface area contributed by atoms with Crippen molar-refractivity contribution in [3.63, 3.8) is 0 Å². The molecule has 2 N–H and O–H groups in total. The van der Waals surface area contributed by atoms with E-state index in [0.29, 0.717) is 17.9 Å². The van der Waals surface area contributed by atoms with Crippen molar-refractivity contribution in [3.8, 4) is 11.5 Å². The number of hydrogen-bond acceptors (Lipinski definition) is 5. The van der Waals surface area contributed by atoms with E-state index in [9.17, 15) is 14.7 Å². The lowest BCUT2D eigenvalue weighted by Gasteiger charge is -2.21. The fourth-order valence-electron chi connectivity index (χ4n) is 5.28. The number of rotatable bonds is 9. The van der Waals surface area contributed by atoms with Crippen LogP contribution >= 0.6 is 0 Å². The maximum atomic E-state index is 12.8. The molecule has 0 bridgehead atoms. The quantitative estimate of drug-likeness (QED) is 0.299. The highest BCUT2D eigenvalue weighted by Crippen LogP contribution is 2.41. The summed E-state index contributed by atoms with van der Waals surface area (Å²) < 4.78 is 12.9. The Labute approximate surface area is 221 Å². The molecule has 1 aliphatic carbocycles. The molecule has 7 heteroatoms. The van der Waals surface area contributed by atoms with Crippen LogP contribution in [0.25, 0.3) is 16.5 Å². The lowest BCUT2D eigenvalue weighted by Crippen LogP contribution is -2.24. The minimum atomic E-state index is -0.966. The van der Waals surface area contributed by atoms with Crippen LogP contribution in [0.15, 0.2) is 66.7 Å².